The number of aliphatic carboxylic acids is 2. The van der Waals surface area contributed by atoms with Gasteiger partial charge in [0.25, 0.3) is 0 Å². The van der Waals surface area contributed by atoms with E-state index >= 15 is 0 Å². The van der Waals surface area contributed by atoms with Crippen molar-refractivity contribution in [1.82, 2.24) is 10.6 Å². The third-order valence-corrected chi connectivity index (χ3v) is 11.2. The topological polar surface area (TPSA) is 468 Å². The summed E-state index contributed by atoms with van der Waals surface area (Å²) in [5.74, 6) is -5.31. The summed E-state index contributed by atoms with van der Waals surface area (Å²) in [7, 11) is 1.13. The number of carboxylic acid groups (broad SMARTS) is 2. The molecule has 30 heteroatoms. The summed E-state index contributed by atoms with van der Waals surface area (Å²) in [4.78, 5) is 49.4. The predicted octanol–water partition coefficient (Wildman–Crippen LogP) is -10.8. The Labute approximate surface area is 366 Å². The zero-order valence-electron chi connectivity index (χ0n) is 34.5. The number of methoxy groups -OCH3 is 1. The Balaban J connectivity index is 1.31. The van der Waals surface area contributed by atoms with Gasteiger partial charge >= 0.3 is 11.9 Å². The van der Waals surface area contributed by atoms with Gasteiger partial charge in [0.2, 0.25) is 11.8 Å². The maximum atomic E-state index is 12.5. The summed E-state index contributed by atoms with van der Waals surface area (Å²) in [5, 5.41) is 151. The Morgan fingerprint density at radius 2 is 0.800 bits per heavy atom. The minimum atomic E-state index is -2.23. The van der Waals surface area contributed by atoms with E-state index in [1.807, 2.05) is 0 Å². The number of amides is 2. The molecule has 30 nitrogen and oxygen atoms in total. The van der Waals surface area contributed by atoms with Crippen LogP contribution in [0.1, 0.15) is 13.8 Å². The van der Waals surface area contributed by atoms with Crippen LogP contribution in [-0.2, 0) is 66.5 Å². The van der Waals surface area contributed by atoms with Gasteiger partial charge in [-0.05, 0) is 0 Å². The lowest BCUT2D eigenvalue weighted by Gasteiger charge is -2.47. The van der Waals surface area contributed by atoms with Gasteiger partial charge in [0.05, 0.1) is 19.8 Å². The van der Waals surface area contributed by atoms with Crippen LogP contribution >= 0.6 is 0 Å². The molecule has 5 rings (SSSR count). The maximum Gasteiger partial charge on any atom is 0.335 e. The fourth-order valence-electron chi connectivity index (χ4n) is 7.75. The number of carbonyl (C=O) groups is 4. The Hall–Kier alpha value is -3.00. The summed E-state index contributed by atoms with van der Waals surface area (Å²) >= 11 is 0. The number of aliphatic hydroxyl groups is 12. The van der Waals surface area contributed by atoms with Crippen molar-refractivity contribution in [1.29, 1.82) is 0 Å². The summed E-state index contributed by atoms with van der Waals surface area (Å²) in [6, 6.07) is -3.45. The smallest absolute Gasteiger partial charge is 0.335 e. The molecule has 5 aliphatic heterocycles. The average Bonchev–Trinajstić information content (AvgIpc) is 3.25. The van der Waals surface area contributed by atoms with Gasteiger partial charge in [-0.2, -0.15) is 0 Å². The number of hydrogen-bond acceptors (Lipinski definition) is 26. The third kappa shape index (κ3) is 11.7. The molecule has 0 bridgehead atoms. The van der Waals surface area contributed by atoms with E-state index < -0.39 is 197 Å². The molecular formula is C35H56N2O28. The van der Waals surface area contributed by atoms with Gasteiger partial charge in [0.15, 0.2) is 43.7 Å². The van der Waals surface area contributed by atoms with Gasteiger partial charge in [-0.15, -0.1) is 0 Å². The van der Waals surface area contributed by atoms with Crippen LogP contribution in [0.5, 0.6) is 0 Å². The normalized spacial score (nSPS) is 47.1. The summed E-state index contributed by atoms with van der Waals surface area (Å²) in [5.41, 5.74) is 0. The first-order valence-electron chi connectivity index (χ1n) is 20.0. The van der Waals surface area contributed by atoms with Gasteiger partial charge in [0.1, 0.15) is 110 Å². The van der Waals surface area contributed by atoms with E-state index in [1.54, 1.807) is 0 Å². The maximum absolute atomic E-state index is 12.5. The fourth-order valence-corrected chi connectivity index (χ4v) is 7.75. The van der Waals surface area contributed by atoms with Gasteiger partial charge in [-0.3, -0.25) is 9.59 Å². The van der Waals surface area contributed by atoms with E-state index in [1.165, 1.54) is 0 Å². The van der Waals surface area contributed by atoms with Crippen molar-refractivity contribution < 1.29 is 138 Å². The molecule has 0 aromatic carbocycles. The number of hydrogen-bond donors (Lipinski definition) is 16. The Bertz CT molecular complexity index is 1610. The van der Waals surface area contributed by atoms with Crippen molar-refractivity contribution >= 4 is 23.8 Å². The zero-order chi connectivity index (χ0) is 48.3. The molecule has 5 heterocycles. The first-order chi connectivity index (χ1) is 30.5. The Kier molecular flexibility index (Phi) is 18.3. The van der Waals surface area contributed by atoms with Crippen LogP contribution in [0.25, 0.3) is 0 Å². The first kappa shape index (κ1) is 53.0. The van der Waals surface area contributed by atoms with E-state index in [2.05, 4.69) is 10.6 Å². The predicted molar refractivity (Wildman–Crippen MR) is 196 cm³/mol. The molecule has 2 amide bonds. The molecule has 0 radical (unpaired) electrons. The molecule has 0 aromatic heterocycles. The average molecular weight is 953 g/mol. The fraction of sp³-hybridized carbons (Fsp3) is 0.886. The number of carbonyl (C=O) groups excluding carboxylic acids is 2. The standard InChI is InChI=1S/C35H56N2O28/c1-7(39)36-12-17(44)25(62-34-23(50)19(46)14(41)9(4-38)59-34)27(29(52)53)64-32(12)58-6-11-16(43)21(48)24(51)35(61-11)63-26-18(45)13(37-8(2)40)31(65-28(26)30(54)55)57-5-10-15(42)20(47)22(49)33(56-3)60-10/h9-28,31-35,38,41-51H,4-6H2,1-3H3,(H,36,39)(H,37,40)(H,52,53)(H,54,55)/t9-,10-,11-,12+,13+,14-,15-,16-,17-,18-,19+,20+,21+,22-,23-,24-,25+,26+,27+,28+,31-,32-,33+,34-,35-/m1/s1. The number of rotatable bonds is 16. The Morgan fingerprint density at radius 1 is 0.462 bits per heavy atom. The highest BCUT2D eigenvalue weighted by Gasteiger charge is 2.57. The van der Waals surface area contributed by atoms with Crippen molar-refractivity contribution in [3.8, 4) is 0 Å². The van der Waals surface area contributed by atoms with Crippen LogP contribution in [0.4, 0.5) is 0 Å². The van der Waals surface area contributed by atoms with E-state index in [-0.39, 0.29) is 0 Å². The molecule has 16 N–H and O–H groups in total. The molecule has 374 valence electrons. The highest BCUT2D eigenvalue weighted by Crippen LogP contribution is 2.34. The van der Waals surface area contributed by atoms with Crippen LogP contribution < -0.4 is 10.6 Å². The summed E-state index contributed by atoms with van der Waals surface area (Å²) < 4.78 is 54.7. The second-order valence-electron chi connectivity index (χ2n) is 15.8. The molecule has 0 spiro atoms. The molecule has 5 saturated heterocycles. The second kappa shape index (κ2) is 22.4. The van der Waals surface area contributed by atoms with E-state index in [0.29, 0.717) is 0 Å². The SMILES string of the molecule is CO[C@H]1O[C@H](CO[C@@H]2O[C@H](C(=O)O)[C@@H](O[C@H]3O[C@H](CO[C@@H]4O[C@H](C(=O)O)[C@@H](O[C@H]5O[C@H](CO)[C@@H](O)[C@H](O)[C@H]5O)[C@H](O)[C@@H]4NC(C)=O)[C@@H](O)[C@H](O)[C@H]3O)[C@H](O)[C@@H]2NC(C)=O)[C@@H](O)[C@H](O)[C@H]1O. The molecular weight excluding hydrogens is 896 g/mol. The number of carboxylic acids is 2. The number of aliphatic hydroxyl groups excluding tert-OH is 12. The minimum Gasteiger partial charge on any atom is -0.479 e. The Morgan fingerprint density at radius 3 is 1.14 bits per heavy atom. The molecule has 0 unspecified atom stereocenters. The second-order valence-corrected chi connectivity index (χ2v) is 15.8. The van der Waals surface area contributed by atoms with E-state index in [9.17, 15) is 90.7 Å². The quantitative estimate of drug-likeness (QED) is 0.0683. The highest BCUT2D eigenvalue weighted by atomic mass is 16.8. The summed E-state index contributed by atoms with van der Waals surface area (Å²) in [6.07, 6.45) is -44.6. The highest BCUT2D eigenvalue weighted by molar-refractivity contribution is 5.75. The van der Waals surface area contributed by atoms with Gasteiger partial charge in [-0.1, -0.05) is 0 Å². The molecule has 0 saturated carbocycles. The summed E-state index contributed by atoms with van der Waals surface area (Å²) in [6.45, 7) is -0.571. The monoisotopic (exact) mass is 952 g/mol. The van der Waals surface area contributed by atoms with Gasteiger partial charge in [0, 0.05) is 21.0 Å². The van der Waals surface area contributed by atoms with Crippen molar-refractivity contribution in [2.75, 3.05) is 26.9 Å². The van der Waals surface area contributed by atoms with Gasteiger partial charge < -0.3 is 129 Å². The first-order valence-corrected chi connectivity index (χ1v) is 20.0. The third-order valence-electron chi connectivity index (χ3n) is 11.2. The lowest BCUT2D eigenvalue weighted by Crippen LogP contribution is -2.69. The van der Waals surface area contributed by atoms with Crippen LogP contribution in [0.2, 0.25) is 0 Å². The van der Waals surface area contributed by atoms with Crippen LogP contribution in [-0.4, -0.2) is 276 Å². The van der Waals surface area contributed by atoms with Crippen molar-refractivity contribution in [2.45, 2.75) is 167 Å². The lowest BCUT2D eigenvalue weighted by atomic mass is 9.94. The lowest BCUT2D eigenvalue weighted by molar-refractivity contribution is -0.358. The number of nitrogens with one attached hydrogen (secondary N) is 2. The van der Waals surface area contributed by atoms with Crippen LogP contribution in [0.15, 0.2) is 0 Å². The minimum absolute atomic E-state index is 0.712. The zero-order valence-corrected chi connectivity index (χ0v) is 34.5. The molecule has 5 fully saturated rings. The molecule has 5 aliphatic rings. The largest absolute Gasteiger partial charge is 0.479 e. The molecule has 65 heavy (non-hydrogen) atoms. The molecule has 25 atom stereocenters. The van der Waals surface area contributed by atoms with E-state index in [0.717, 1.165) is 21.0 Å². The number of ether oxygens (including phenoxy) is 10. The van der Waals surface area contributed by atoms with E-state index in [4.69, 9.17) is 47.4 Å². The van der Waals surface area contributed by atoms with Crippen LogP contribution in [0, 0.1) is 0 Å². The molecule has 0 aliphatic carbocycles. The van der Waals surface area contributed by atoms with Crippen LogP contribution in [0.3, 0.4) is 0 Å². The molecule has 0 aromatic rings. The van der Waals surface area contributed by atoms with Crippen molar-refractivity contribution in [2.24, 2.45) is 0 Å². The van der Waals surface area contributed by atoms with Crippen molar-refractivity contribution in [3.05, 3.63) is 0 Å². The van der Waals surface area contributed by atoms with Gasteiger partial charge in [-0.25, -0.2) is 9.59 Å². The van der Waals surface area contributed by atoms with Crippen molar-refractivity contribution in [3.63, 3.8) is 0 Å².